The van der Waals surface area contributed by atoms with Crippen molar-refractivity contribution in [2.24, 2.45) is 5.92 Å². The highest BCUT2D eigenvalue weighted by Crippen LogP contribution is 2.15. The van der Waals surface area contributed by atoms with Crippen LogP contribution in [-0.4, -0.2) is 12.6 Å². The molecule has 0 saturated carbocycles. The first-order valence-electron chi connectivity index (χ1n) is 15.4. The van der Waals surface area contributed by atoms with Gasteiger partial charge < -0.3 is 4.74 Å². The van der Waals surface area contributed by atoms with E-state index in [-0.39, 0.29) is 5.97 Å². The monoisotopic (exact) mass is 466 g/mol. The molecule has 0 aliphatic carbocycles. The second kappa shape index (κ2) is 27.7. The number of rotatable bonds is 27. The summed E-state index contributed by atoms with van der Waals surface area (Å²) in [4.78, 5) is 11.8. The molecule has 198 valence electrons. The molecule has 0 radical (unpaired) electrons. The largest absolute Gasteiger partial charge is 0.466 e. The summed E-state index contributed by atoms with van der Waals surface area (Å²) in [6, 6.07) is 0. The third-order valence-corrected chi connectivity index (χ3v) is 7.29. The second-order valence-corrected chi connectivity index (χ2v) is 10.7. The first-order chi connectivity index (χ1) is 16.2. The molecule has 0 bridgehead atoms. The topological polar surface area (TPSA) is 26.3 Å². The van der Waals surface area contributed by atoms with Gasteiger partial charge in [0.15, 0.2) is 0 Å². The molecule has 33 heavy (non-hydrogen) atoms. The molecule has 0 spiro atoms. The molecule has 0 fully saturated rings. The highest BCUT2D eigenvalue weighted by Gasteiger charge is 2.03. The Morgan fingerprint density at radius 3 is 1.39 bits per heavy atom. The van der Waals surface area contributed by atoms with E-state index < -0.39 is 0 Å². The van der Waals surface area contributed by atoms with Crippen LogP contribution in [0.4, 0.5) is 0 Å². The maximum absolute atomic E-state index is 11.8. The van der Waals surface area contributed by atoms with Crippen molar-refractivity contribution >= 4 is 5.97 Å². The Kier molecular flexibility index (Phi) is 27.3. The van der Waals surface area contributed by atoms with Gasteiger partial charge in [0, 0.05) is 6.42 Å². The average molecular weight is 467 g/mol. The fraction of sp³-hybridized carbons (Fsp3) is 0.968. The Morgan fingerprint density at radius 2 is 0.939 bits per heavy atom. The highest BCUT2D eigenvalue weighted by molar-refractivity contribution is 5.69. The number of carbonyl (C=O) groups is 1. The first kappa shape index (κ1) is 32.5. The zero-order chi connectivity index (χ0) is 24.2. The van der Waals surface area contributed by atoms with E-state index in [1.54, 1.807) is 0 Å². The van der Waals surface area contributed by atoms with Gasteiger partial charge in [0.25, 0.3) is 0 Å². The molecular weight excluding hydrogens is 404 g/mol. The molecule has 0 amide bonds. The first-order valence-corrected chi connectivity index (χ1v) is 15.4. The Labute approximate surface area is 209 Å². The predicted molar refractivity (Wildman–Crippen MR) is 147 cm³/mol. The molecule has 1 atom stereocenters. The normalized spacial score (nSPS) is 12.2. The minimum absolute atomic E-state index is 0.0221. The summed E-state index contributed by atoms with van der Waals surface area (Å²) in [5.41, 5.74) is 0. The minimum Gasteiger partial charge on any atom is -0.466 e. The Balaban J connectivity index is 3.16. The van der Waals surface area contributed by atoms with Crippen molar-refractivity contribution in [3.05, 3.63) is 0 Å². The van der Waals surface area contributed by atoms with Gasteiger partial charge in [-0.15, -0.1) is 0 Å². The van der Waals surface area contributed by atoms with Gasteiger partial charge in [-0.2, -0.15) is 0 Å². The fourth-order valence-electron chi connectivity index (χ4n) is 4.58. The van der Waals surface area contributed by atoms with Crippen LogP contribution in [-0.2, 0) is 9.53 Å². The summed E-state index contributed by atoms with van der Waals surface area (Å²) in [5, 5.41) is 0. The number of hydrogen-bond donors (Lipinski definition) is 0. The maximum Gasteiger partial charge on any atom is 0.305 e. The molecule has 0 rings (SSSR count). The van der Waals surface area contributed by atoms with E-state index in [1.807, 2.05) is 0 Å². The average Bonchev–Trinajstić information content (AvgIpc) is 2.82. The van der Waals surface area contributed by atoms with Crippen molar-refractivity contribution in [3.8, 4) is 0 Å². The van der Waals surface area contributed by atoms with Gasteiger partial charge in [0.05, 0.1) is 6.61 Å². The van der Waals surface area contributed by atoms with Crippen molar-refractivity contribution in [2.45, 2.75) is 181 Å². The number of unbranched alkanes of at least 4 members (excludes halogenated alkanes) is 20. The van der Waals surface area contributed by atoms with Crippen LogP contribution in [0.25, 0.3) is 0 Å². The van der Waals surface area contributed by atoms with Crippen molar-refractivity contribution in [3.63, 3.8) is 0 Å². The third kappa shape index (κ3) is 27.6. The summed E-state index contributed by atoms with van der Waals surface area (Å²) in [6.45, 7) is 7.57. The predicted octanol–water partition coefficient (Wildman–Crippen LogP) is 11.0. The van der Waals surface area contributed by atoms with Gasteiger partial charge in [-0.05, 0) is 18.8 Å². The number of ether oxygens (including phenoxy) is 1. The van der Waals surface area contributed by atoms with Gasteiger partial charge >= 0.3 is 5.97 Å². The van der Waals surface area contributed by atoms with Gasteiger partial charge in [-0.25, -0.2) is 0 Å². The SMILES string of the molecule is CCCCCCCCCCCCCCCCCOC(=O)CCCCCCCCCC(C)CC. The van der Waals surface area contributed by atoms with E-state index in [2.05, 4.69) is 20.8 Å². The van der Waals surface area contributed by atoms with E-state index in [4.69, 9.17) is 4.74 Å². The summed E-state index contributed by atoms with van der Waals surface area (Å²) >= 11 is 0. The lowest BCUT2D eigenvalue weighted by Gasteiger charge is -2.07. The third-order valence-electron chi connectivity index (χ3n) is 7.29. The molecule has 0 heterocycles. The van der Waals surface area contributed by atoms with Crippen LogP contribution in [0.5, 0.6) is 0 Å². The summed E-state index contributed by atoms with van der Waals surface area (Å²) in [5.74, 6) is 0.916. The number of carbonyl (C=O) groups excluding carboxylic acids is 1. The zero-order valence-corrected chi connectivity index (χ0v) is 23.3. The maximum atomic E-state index is 11.8. The molecule has 0 aliphatic heterocycles. The molecule has 0 N–H and O–H groups in total. The summed E-state index contributed by atoms with van der Waals surface area (Å²) in [7, 11) is 0. The fourth-order valence-corrected chi connectivity index (χ4v) is 4.58. The number of esters is 1. The quantitative estimate of drug-likeness (QED) is 0.0888. The lowest BCUT2D eigenvalue weighted by molar-refractivity contribution is -0.143. The lowest BCUT2D eigenvalue weighted by atomic mass is 10.00. The van der Waals surface area contributed by atoms with E-state index in [9.17, 15) is 4.79 Å². The van der Waals surface area contributed by atoms with E-state index >= 15 is 0 Å². The number of hydrogen-bond acceptors (Lipinski definition) is 2. The van der Waals surface area contributed by atoms with Crippen LogP contribution in [0.1, 0.15) is 181 Å². The molecule has 1 unspecified atom stereocenters. The Morgan fingerprint density at radius 1 is 0.545 bits per heavy atom. The summed E-state index contributed by atoms with van der Waals surface area (Å²) < 4.78 is 5.41. The molecule has 2 nitrogen and oxygen atoms in total. The van der Waals surface area contributed by atoms with Crippen LogP contribution >= 0.6 is 0 Å². The van der Waals surface area contributed by atoms with Crippen LogP contribution in [0, 0.1) is 5.92 Å². The lowest BCUT2D eigenvalue weighted by Crippen LogP contribution is -2.05. The summed E-state index contributed by atoms with van der Waals surface area (Å²) in [6.07, 6.45) is 32.8. The van der Waals surface area contributed by atoms with E-state index in [1.165, 1.54) is 141 Å². The van der Waals surface area contributed by atoms with Crippen LogP contribution in [0.15, 0.2) is 0 Å². The second-order valence-electron chi connectivity index (χ2n) is 10.7. The zero-order valence-electron chi connectivity index (χ0n) is 23.3. The smallest absolute Gasteiger partial charge is 0.305 e. The molecule has 2 heteroatoms. The van der Waals surface area contributed by atoms with Gasteiger partial charge in [-0.3, -0.25) is 4.79 Å². The van der Waals surface area contributed by atoms with Gasteiger partial charge in [0.1, 0.15) is 0 Å². The molecule has 0 aromatic rings. The van der Waals surface area contributed by atoms with Crippen molar-refractivity contribution in [1.82, 2.24) is 0 Å². The van der Waals surface area contributed by atoms with Crippen molar-refractivity contribution in [2.75, 3.05) is 6.61 Å². The molecule has 0 aromatic carbocycles. The van der Waals surface area contributed by atoms with Crippen LogP contribution < -0.4 is 0 Å². The molecule has 0 aliphatic rings. The molecular formula is C31H62O2. The Bertz CT molecular complexity index is 379. The van der Waals surface area contributed by atoms with Crippen LogP contribution in [0.3, 0.4) is 0 Å². The van der Waals surface area contributed by atoms with Gasteiger partial charge in [-0.1, -0.05) is 162 Å². The van der Waals surface area contributed by atoms with Crippen molar-refractivity contribution < 1.29 is 9.53 Å². The standard InChI is InChI=1S/C31H62O2/c1-4-6-7-8-9-10-11-12-13-14-15-16-20-23-26-29-33-31(32)28-25-22-19-17-18-21-24-27-30(3)5-2/h30H,4-29H2,1-3H3. The van der Waals surface area contributed by atoms with Crippen LogP contribution in [0.2, 0.25) is 0 Å². The molecule has 0 aromatic heterocycles. The molecule has 0 saturated heterocycles. The van der Waals surface area contributed by atoms with E-state index in [0.717, 1.165) is 18.8 Å². The highest BCUT2D eigenvalue weighted by atomic mass is 16.5. The van der Waals surface area contributed by atoms with Crippen molar-refractivity contribution in [1.29, 1.82) is 0 Å². The van der Waals surface area contributed by atoms with Gasteiger partial charge in [0.2, 0.25) is 0 Å². The Hall–Kier alpha value is -0.530. The minimum atomic E-state index is 0.0221. The van der Waals surface area contributed by atoms with E-state index in [0.29, 0.717) is 13.0 Å².